The standard InChI is InChI=1S/C16H19NO/c17-15-10-5-9-14(12-15)16(18)11-4-8-13-6-2-1-3-7-13/h1-3,5-7,9-10,12,16,18H,4,8,11,17H2. The van der Waals surface area contributed by atoms with Crippen molar-refractivity contribution in [1.82, 2.24) is 0 Å². The van der Waals surface area contributed by atoms with Crippen LogP contribution in [0.4, 0.5) is 5.69 Å². The number of rotatable bonds is 5. The minimum absolute atomic E-state index is 0.419. The van der Waals surface area contributed by atoms with E-state index in [1.165, 1.54) is 5.56 Å². The van der Waals surface area contributed by atoms with Crippen molar-refractivity contribution < 1.29 is 5.11 Å². The van der Waals surface area contributed by atoms with Crippen LogP contribution in [0.15, 0.2) is 54.6 Å². The number of aryl methyl sites for hydroxylation is 1. The summed E-state index contributed by atoms with van der Waals surface area (Å²) in [6.45, 7) is 0. The van der Waals surface area contributed by atoms with Gasteiger partial charge >= 0.3 is 0 Å². The van der Waals surface area contributed by atoms with Gasteiger partial charge in [-0.15, -0.1) is 0 Å². The molecule has 2 nitrogen and oxygen atoms in total. The predicted molar refractivity (Wildman–Crippen MR) is 75.2 cm³/mol. The fraction of sp³-hybridized carbons (Fsp3) is 0.250. The van der Waals surface area contributed by atoms with Crippen molar-refractivity contribution in [2.75, 3.05) is 5.73 Å². The van der Waals surface area contributed by atoms with Gasteiger partial charge in [0.25, 0.3) is 0 Å². The summed E-state index contributed by atoms with van der Waals surface area (Å²) in [7, 11) is 0. The highest BCUT2D eigenvalue weighted by molar-refractivity contribution is 5.41. The van der Waals surface area contributed by atoms with E-state index in [2.05, 4.69) is 12.1 Å². The van der Waals surface area contributed by atoms with Gasteiger partial charge in [-0.05, 0) is 42.5 Å². The van der Waals surface area contributed by atoms with E-state index in [1.807, 2.05) is 42.5 Å². The summed E-state index contributed by atoms with van der Waals surface area (Å²) in [5, 5.41) is 10.1. The van der Waals surface area contributed by atoms with Crippen LogP contribution in [0.5, 0.6) is 0 Å². The second-order valence-corrected chi connectivity index (χ2v) is 4.56. The molecule has 2 aromatic carbocycles. The summed E-state index contributed by atoms with van der Waals surface area (Å²) in [6.07, 6.45) is 2.32. The van der Waals surface area contributed by atoms with Crippen molar-refractivity contribution in [2.45, 2.75) is 25.4 Å². The van der Waals surface area contributed by atoms with Crippen LogP contribution in [0.3, 0.4) is 0 Å². The second-order valence-electron chi connectivity index (χ2n) is 4.56. The van der Waals surface area contributed by atoms with Gasteiger partial charge in [0.15, 0.2) is 0 Å². The molecule has 94 valence electrons. The summed E-state index contributed by atoms with van der Waals surface area (Å²) in [6, 6.07) is 17.8. The lowest BCUT2D eigenvalue weighted by Gasteiger charge is -2.11. The fourth-order valence-corrected chi connectivity index (χ4v) is 2.08. The Kier molecular flexibility index (Phi) is 4.37. The molecule has 0 aliphatic carbocycles. The molecule has 0 aliphatic heterocycles. The Morgan fingerprint density at radius 1 is 1.00 bits per heavy atom. The van der Waals surface area contributed by atoms with Crippen LogP contribution in [0, 0.1) is 0 Å². The van der Waals surface area contributed by atoms with Crippen LogP contribution in [-0.2, 0) is 6.42 Å². The molecule has 0 spiro atoms. The van der Waals surface area contributed by atoms with E-state index in [-0.39, 0.29) is 0 Å². The number of nitrogen functional groups attached to an aromatic ring is 1. The SMILES string of the molecule is Nc1cccc(C(O)CCCc2ccccc2)c1. The third-order valence-electron chi connectivity index (χ3n) is 3.08. The van der Waals surface area contributed by atoms with Crippen LogP contribution < -0.4 is 5.73 Å². The van der Waals surface area contributed by atoms with E-state index in [4.69, 9.17) is 5.73 Å². The molecule has 0 saturated carbocycles. The molecule has 0 fully saturated rings. The molecule has 18 heavy (non-hydrogen) atoms. The first kappa shape index (κ1) is 12.7. The molecule has 3 N–H and O–H groups in total. The van der Waals surface area contributed by atoms with Crippen LogP contribution in [0.25, 0.3) is 0 Å². The average molecular weight is 241 g/mol. The van der Waals surface area contributed by atoms with Gasteiger partial charge in [-0.3, -0.25) is 0 Å². The second kappa shape index (κ2) is 6.22. The molecule has 1 atom stereocenters. The molecule has 0 saturated heterocycles. The number of hydrogen-bond donors (Lipinski definition) is 2. The van der Waals surface area contributed by atoms with Crippen molar-refractivity contribution in [3.05, 3.63) is 65.7 Å². The van der Waals surface area contributed by atoms with Crippen LogP contribution in [0.1, 0.15) is 30.1 Å². The van der Waals surface area contributed by atoms with E-state index >= 15 is 0 Å². The maximum absolute atomic E-state index is 10.1. The van der Waals surface area contributed by atoms with Crippen LogP contribution in [0.2, 0.25) is 0 Å². The normalized spacial score (nSPS) is 12.3. The molecule has 1 unspecified atom stereocenters. The number of anilines is 1. The molecule has 0 aliphatic rings. The predicted octanol–water partition coefficient (Wildman–Crippen LogP) is 3.33. The number of hydrogen-bond acceptors (Lipinski definition) is 2. The zero-order valence-electron chi connectivity index (χ0n) is 10.4. The Bertz CT molecular complexity index is 481. The lowest BCUT2D eigenvalue weighted by atomic mass is 10.0. The van der Waals surface area contributed by atoms with Crippen LogP contribution >= 0.6 is 0 Å². The van der Waals surface area contributed by atoms with Crippen molar-refractivity contribution >= 4 is 5.69 Å². The topological polar surface area (TPSA) is 46.2 Å². The minimum atomic E-state index is -0.419. The first-order chi connectivity index (χ1) is 8.75. The third kappa shape index (κ3) is 3.60. The van der Waals surface area contributed by atoms with Gasteiger partial charge in [0.2, 0.25) is 0 Å². The zero-order valence-corrected chi connectivity index (χ0v) is 10.4. The largest absolute Gasteiger partial charge is 0.399 e. The lowest BCUT2D eigenvalue weighted by molar-refractivity contribution is 0.165. The fourth-order valence-electron chi connectivity index (χ4n) is 2.08. The van der Waals surface area contributed by atoms with Gasteiger partial charge in [-0.25, -0.2) is 0 Å². The summed E-state index contributed by atoms with van der Waals surface area (Å²) in [5.41, 5.74) is 8.63. The minimum Gasteiger partial charge on any atom is -0.399 e. The Morgan fingerprint density at radius 3 is 2.50 bits per heavy atom. The quantitative estimate of drug-likeness (QED) is 0.789. The van der Waals surface area contributed by atoms with Crippen molar-refractivity contribution in [1.29, 1.82) is 0 Å². The van der Waals surface area contributed by atoms with Gasteiger partial charge in [-0.1, -0.05) is 42.5 Å². The zero-order chi connectivity index (χ0) is 12.8. The molecule has 0 heterocycles. The molecular formula is C16H19NO. The van der Waals surface area contributed by atoms with Gasteiger partial charge in [0, 0.05) is 5.69 Å². The number of aliphatic hydroxyl groups is 1. The molecule has 2 rings (SSSR count). The number of nitrogens with two attached hydrogens (primary N) is 1. The molecule has 0 amide bonds. The summed E-state index contributed by atoms with van der Waals surface area (Å²) >= 11 is 0. The first-order valence-electron chi connectivity index (χ1n) is 6.33. The van der Waals surface area contributed by atoms with Gasteiger partial charge in [0.1, 0.15) is 0 Å². The Morgan fingerprint density at radius 2 is 1.78 bits per heavy atom. The first-order valence-corrected chi connectivity index (χ1v) is 6.33. The lowest BCUT2D eigenvalue weighted by Crippen LogP contribution is -1.99. The van der Waals surface area contributed by atoms with Crippen LogP contribution in [-0.4, -0.2) is 5.11 Å². The Balaban J connectivity index is 1.83. The van der Waals surface area contributed by atoms with E-state index in [0.29, 0.717) is 5.69 Å². The van der Waals surface area contributed by atoms with E-state index in [0.717, 1.165) is 24.8 Å². The molecule has 0 bridgehead atoms. The summed E-state index contributed by atoms with van der Waals surface area (Å²) in [5.74, 6) is 0. The number of benzene rings is 2. The highest BCUT2D eigenvalue weighted by Gasteiger charge is 2.07. The van der Waals surface area contributed by atoms with Crippen molar-refractivity contribution in [2.24, 2.45) is 0 Å². The molecular weight excluding hydrogens is 222 g/mol. The highest BCUT2D eigenvalue weighted by atomic mass is 16.3. The third-order valence-corrected chi connectivity index (χ3v) is 3.08. The van der Waals surface area contributed by atoms with E-state index in [1.54, 1.807) is 0 Å². The Labute approximate surface area is 108 Å². The van der Waals surface area contributed by atoms with Gasteiger partial charge in [0.05, 0.1) is 6.10 Å². The van der Waals surface area contributed by atoms with E-state index in [9.17, 15) is 5.11 Å². The van der Waals surface area contributed by atoms with Gasteiger partial charge < -0.3 is 10.8 Å². The smallest absolute Gasteiger partial charge is 0.0790 e. The monoisotopic (exact) mass is 241 g/mol. The molecule has 0 aromatic heterocycles. The van der Waals surface area contributed by atoms with Crippen molar-refractivity contribution in [3.63, 3.8) is 0 Å². The Hall–Kier alpha value is -1.80. The summed E-state index contributed by atoms with van der Waals surface area (Å²) in [4.78, 5) is 0. The molecule has 2 heteroatoms. The highest BCUT2D eigenvalue weighted by Crippen LogP contribution is 2.21. The molecule has 2 aromatic rings. The van der Waals surface area contributed by atoms with Gasteiger partial charge in [-0.2, -0.15) is 0 Å². The summed E-state index contributed by atoms with van der Waals surface area (Å²) < 4.78 is 0. The van der Waals surface area contributed by atoms with Crippen molar-refractivity contribution in [3.8, 4) is 0 Å². The molecule has 0 radical (unpaired) electrons. The average Bonchev–Trinajstić information content (AvgIpc) is 2.40. The number of aliphatic hydroxyl groups excluding tert-OH is 1. The van der Waals surface area contributed by atoms with E-state index < -0.39 is 6.10 Å². The maximum Gasteiger partial charge on any atom is 0.0790 e. The maximum atomic E-state index is 10.1.